The van der Waals surface area contributed by atoms with Crippen molar-refractivity contribution in [2.75, 3.05) is 13.1 Å². The Labute approximate surface area is 114 Å². The van der Waals surface area contributed by atoms with Crippen molar-refractivity contribution in [3.8, 4) is 0 Å². The van der Waals surface area contributed by atoms with Crippen LogP contribution in [0.3, 0.4) is 0 Å². The van der Waals surface area contributed by atoms with Crippen molar-refractivity contribution in [2.24, 2.45) is 0 Å². The maximum Gasteiger partial charge on any atom is 0.0233 e. The average Bonchev–Trinajstić information content (AvgIpc) is 2.35. The first-order chi connectivity index (χ1) is 8.26. The van der Waals surface area contributed by atoms with E-state index in [1.54, 1.807) is 0 Å². The normalized spacial score (nSPS) is 11.1. The molecule has 0 bridgehead atoms. The highest BCUT2D eigenvalue weighted by molar-refractivity contribution is 9.10. The van der Waals surface area contributed by atoms with Gasteiger partial charge in [-0.25, -0.2) is 0 Å². The second-order valence-electron chi connectivity index (χ2n) is 4.61. The van der Waals surface area contributed by atoms with E-state index in [0.29, 0.717) is 0 Å². The van der Waals surface area contributed by atoms with Crippen molar-refractivity contribution < 1.29 is 0 Å². The van der Waals surface area contributed by atoms with Crippen molar-refractivity contribution in [1.82, 2.24) is 4.90 Å². The van der Waals surface area contributed by atoms with Crippen LogP contribution >= 0.6 is 15.9 Å². The smallest absolute Gasteiger partial charge is 0.0233 e. The van der Waals surface area contributed by atoms with E-state index in [-0.39, 0.29) is 0 Å². The summed E-state index contributed by atoms with van der Waals surface area (Å²) >= 11 is 3.48. The molecule has 1 nitrogen and oxygen atoms in total. The lowest BCUT2D eigenvalue weighted by molar-refractivity contribution is 0.257. The van der Waals surface area contributed by atoms with E-state index in [1.807, 2.05) is 0 Å². The van der Waals surface area contributed by atoms with Crippen LogP contribution in [0.25, 0.3) is 0 Å². The van der Waals surface area contributed by atoms with Crippen LogP contribution in [0.15, 0.2) is 28.7 Å². The summed E-state index contributed by atoms with van der Waals surface area (Å²) in [6, 6.07) is 8.70. The molecule has 0 amide bonds. The second-order valence-corrected chi connectivity index (χ2v) is 5.53. The lowest BCUT2D eigenvalue weighted by atomic mass is 10.2. The summed E-state index contributed by atoms with van der Waals surface area (Å²) in [7, 11) is 0. The topological polar surface area (TPSA) is 3.24 Å². The molecule has 0 atom stereocenters. The standard InChI is InChI=1S/C15H24BrN/c1-3-5-11-17(12-6-4-2)13-14-7-9-15(16)10-8-14/h7-10H,3-6,11-13H2,1-2H3. The van der Waals surface area contributed by atoms with E-state index in [0.717, 1.165) is 11.0 Å². The summed E-state index contributed by atoms with van der Waals surface area (Å²) < 4.78 is 1.16. The molecule has 1 aromatic carbocycles. The molecule has 0 aliphatic heterocycles. The van der Waals surface area contributed by atoms with Crippen LogP contribution < -0.4 is 0 Å². The lowest BCUT2D eigenvalue weighted by Crippen LogP contribution is -2.25. The number of hydrogen-bond acceptors (Lipinski definition) is 1. The molecule has 0 radical (unpaired) electrons. The summed E-state index contributed by atoms with van der Waals surface area (Å²) in [4.78, 5) is 2.58. The van der Waals surface area contributed by atoms with Crippen molar-refractivity contribution >= 4 is 15.9 Å². The molecule has 0 saturated heterocycles. The van der Waals surface area contributed by atoms with Crippen LogP contribution in [0.4, 0.5) is 0 Å². The minimum absolute atomic E-state index is 1.09. The first-order valence-electron chi connectivity index (χ1n) is 6.73. The molecule has 0 fully saturated rings. The van der Waals surface area contributed by atoms with Gasteiger partial charge in [-0.3, -0.25) is 4.90 Å². The van der Waals surface area contributed by atoms with Gasteiger partial charge < -0.3 is 0 Å². The van der Waals surface area contributed by atoms with Crippen molar-refractivity contribution in [2.45, 2.75) is 46.1 Å². The molecule has 1 aromatic rings. The first kappa shape index (κ1) is 14.7. The van der Waals surface area contributed by atoms with Gasteiger partial charge in [-0.2, -0.15) is 0 Å². The summed E-state index contributed by atoms with van der Waals surface area (Å²) in [5, 5.41) is 0. The molecule has 0 saturated carbocycles. The van der Waals surface area contributed by atoms with Gasteiger partial charge in [0.25, 0.3) is 0 Å². The highest BCUT2D eigenvalue weighted by Crippen LogP contribution is 2.13. The van der Waals surface area contributed by atoms with Gasteiger partial charge in [-0.1, -0.05) is 54.8 Å². The Bertz CT molecular complexity index is 286. The SMILES string of the molecule is CCCCN(CCCC)Cc1ccc(Br)cc1. The molecule has 0 spiro atoms. The van der Waals surface area contributed by atoms with Crippen molar-refractivity contribution in [3.63, 3.8) is 0 Å². The molecule has 0 N–H and O–H groups in total. The molecule has 0 aliphatic carbocycles. The monoisotopic (exact) mass is 297 g/mol. The quantitative estimate of drug-likeness (QED) is 0.663. The fraction of sp³-hybridized carbons (Fsp3) is 0.600. The average molecular weight is 298 g/mol. The zero-order valence-corrected chi connectivity index (χ0v) is 12.7. The van der Waals surface area contributed by atoms with Crippen LogP contribution in [0, 0.1) is 0 Å². The van der Waals surface area contributed by atoms with E-state index in [2.05, 4.69) is 58.9 Å². The third-order valence-electron chi connectivity index (χ3n) is 2.98. The molecule has 96 valence electrons. The Balaban J connectivity index is 2.48. The molecule has 0 heterocycles. The summed E-state index contributed by atoms with van der Waals surface area (Å²) in [5.41, 5.74) is 1.42. The molecule has 0 aliphatic rings. The predicted molar refractivity (Wildman–Crippen MR) is 79.2 cm³/mol. The third-order valence-corrected chi connectivity index (χ3v) is 3.50. The van der Waals surface area contributed by atoms with Gasteiger partial charge in [0.15, 0.2) is 0 Å². The number of rotatable bonds is 8. The van der Waals surface area contributed by atoms with Gasteiger partial charge in [0.2, 0.25) is 0 Å². The maximum absolute atomic E-state index is 3.48. The van der Waals surface area contributed by atoms with E-state index < -0.39 is 0 Å². The molecular formula is C15H24BrN. The Morgan fingerprint density at radius 3 is 1.94 bits per heavy atom. The largest absolute Gasteiger partial charge is 0.299 e. The number of halogens is 1. The highest BCUT2D eigenvalue weighted by atomic mass is 79.9. The van der Waals surface area contributed by atoms with Gasteiger partial charge in [0.05, 0.1) is 0 Å². The van der Waals surface area contributed by atoms with E-state index in [4.69, 9.17) is 0 Å². The van der Waals surface area contributed by atoms with Crippen LogP contribution in [0.1, 0.15) is 45.1 Å². The predicted octanol–water partition coefficient (Wildman–Crippen LogP) is 4.85. The van der Waals surface area contributed by atoms with Gasteiger partial charge in [-0.15, -0.1) is 0 Å². The van der Waals surface area contributed by atoms with E-state index in [9.17, 15) is 0 Å². The zero-order chi connectivity index (χ0) is 12.5. The summed E-state index contributed by atoms with van der Waals surface area (Å²) in [6.07, 6.45) is 5.17. The number of unbranched alkanes of at least 4 members (excludes halogenated alkanes) is 2. The van der Waals surface area contributed by atoms with E-state index >= 15 is 0 Å². The molecule has 1 rings (SSSR count). The number of nitrogens with zero attached hydrogens (tertiary/aromatic N) is 1. The van der Waals surface area contributed by atoms with Gasteiger partial charge in [0.1, 0.15) is 0 Å². The summed E-state index contributed by atoms with van der Waals surface area (Å²) in [5.74, 6) is 0. The Morgan fingerprint density at radius 2 is 1.47 bits per heavy atom. The Hall–Kier alpha value is -0.340. The lowest BCUT2D eigenvalue weighted by Gasteiger charge is -2.22. The third kappa shape index (κ3) is 6.23. The van der Waals surface area contributed by atoms with Crippen molar-refractivity contribution in [1.29, 1.82) is 0 Å². The number of benzene rings is 1. The minimum atomic E-state index is 1.09. The van der Waals surface area contributed by atoms with E-state index in [1.165, 1.54) is 44.3 Å². The molecule has 2 heteroatoms. The Kier molecular flexibility index (Phi) is 7.54. The first-order valence-corrected chi connectivity index (χ1v) is 7.52. The molecule has 0 aromatic heterocycles. The molecule has 0 unspecified atom stereocenters. The van der Waals surface area contributed by atoms with Gasteiger partial charge in [0, 0.05) is 11.0 Å². The molecular weight excluding hydrogens is 274 g/mol. The van der Waals surface area contributed by atoms with Crippen LogP contribution in [0.2, 0.25) is 0 Å². The zero-order valence-electron chi connectivity index (χ0n) is 11.1. The van der Waals surface area contributed by atoms with Gasteiger partial charge in [-0.05, 0) is 43.6 Å². The fourth-order valence-electron chi connectivity index (χ4n) is 1.88. The minimum Gasteiger partial charge on any atom is -0.299 e. The van der Waals surface area contributed by atoms with Crippen molar-refractivity contribution in [3.05, 3.63) is 34.3 Å². The maximum atomic E-state index is 3.48. The molecule has 17 heavy (non-hydrogen) atoms. The van der Waals surface area contributed by atoms with Crippen LogP contribution in [0.5, 0.6) is 0 Å². The Morgan fingerprint density at radius 1 is 0.941 bits per heavy atom. The highest BCUT2D eigenvalue weighted by Gasteiger charge is 2.04. The number of hydrogen-bond donors (Lipinski definition) is 0. The summed E-state index contributed by atoms with van der Waals surface area (Å²) in [6.45, 7) is 8.07. The second kappa shape index (κ2) is 8.71. The van der Waals surface area contributed by atoms with Crippen LogP contribution in [-0.4, -0.2) is 18.0 Å². The van der Waals surface area contributed by atoms with Crippen LogP contribution in [-0.2, 0) is 6.54 Å². The van der Waals surface area contributed by atoms with Gasteiger partial charge >= 0.3 is 0 Å². The fourth-order valence-corrected chi connectivity index (χ4v) is 2.15.